The summed E-state index contributed by atoms with van der Waals surface area (Å²) >= 11 is 0. The average molecular weight is 238 g/mol. The van der Waals surface area contributed by atoms with Gasteiger partial charge in [0, 0.05) is 0 Å². The van der Waals surface area contributed by atoms with E-state index in [1.54, 1.807) is 0 Å². The zero-order valence-corrected chi connectivity index (χ0v) is 9.65. The molecule has 1 aliphatic rings. The molecule has 0 aromatic heterocycles. The minimum absolute atomic E-state index is 0.105. The summed E-state index contributed by atoms with van der Waals surface area (Å²) < 4.78 is 18.1. The van der Waals surface area contributed by atoms with Crippen molar-refractivity contribution in [2.45, 2.75) is 25.2 Å². The van der Waals surface area contributed by atoms with Crippen molar-refractivity contribution in [3.63, 3.8) is 0 Å². The van der Waals surface area contributed by atoms with Crippen molar-refractivity contribution in [1.29, 1.82) is 0 Å². The van der Waals surface area contributed by atoms with Gasteiger partial charge in [-0.3, -0.25) is 4.79 Å². The summed E-state index contributed by atoms with van der Waals surface area (Å²) in [5, 5.41) is 9.26. The number of benzene rings is 1. The van der Waals surface area contributed by atoms with Crippen molar-refractivity contribution < 1.29 is 19.0 Å². The van der Waals surface area contributed by atoms with Crippen LogP contribution in [0.25, 0.3) is 0 Å². The number of hydrogen-bond donors (Lipinski definition) is 1. The fourth-order valence-electron chi connectivity index (χ4n) is 2.26. The number of ether oxygens (including phenoxy) is 1. The van der Waals surface area contributed by atoms with Crippen LogP contribution in [0.2, 0.25) is 0 Å². The van der Waals surface area contributed by atoms with Crippen LogP contribution in [0.15, 0.2) is 18.2 Å². The highest BCUT2D eigenvalue weighted by atomic mass is 19.1. The second kappa shape index (κ2) is 4.73. The van der Waals surface area contributed by atoms with E-state index in [4.69, 9.17) is 4.74 Å². The lowest BCUT2D eigenvalue weighted by molar-refractivity contribution is -0.141. The third kappa shape index (κ3) is 2.25. The van der Waals surface area contributed by atoms with Crippen molar-refractivity contribution in [3.05, 3.63) is 29.6 Å². The van der Waals surface area contributed by atoms with Gasteiger partial charge in [-0.2, -0.15) is 0 Å². The number of methoxy groups -OCH3 is 1. The largest absolute Gasteiger partial charge is 0.494 e. The van der Waals surface area contributed by atoms with Gasteiger partial charge in [0.25, 0.3) is 0 Å². The van der Waals surface area contributed by atoms with Crippen LogP contribution < -0.4 is 4.74 Å². The van der Waals surface area contributed by atoms with Crippen LogP contribution in [0, 0.1) is 11.7 Å². The number of carbonyl (C=O) groups is 1. The van der Waals surface area contributed by atoms with E-state index in [9.17, 15) is 14.3 Å². The van der Waals surface area contributed by atoms with E-state index in [-0.39, 0.29) is 11.7 Å². The second-order valence-corrected chi connectivity index (χ2v) is 4.40. The summed E-state index contributed by atoms with van der Waals surface area (Å²) in [6.07, 6.45) is 2.93. The van der Waals surface area contributed by atoms with Gasteiger partial charge < -0.3 is 9.84 Å². The number of carboxylic acid groups (broad SMARTS) is 1. The highest BCUT2D eigenvalue weighted by Gasteiger charge is 2.34. The molecule has 0 saturated heterocycles. The molecule has 2 rings (SSSR count). The average Bonchev–Trinajstić information content (AvgIpc) is 2.24. The quantitative estimate of drug-likeness (QED) is 0.877. The minimum atomic E-state index is -0.844. The fraction of sp³-hybridized carbons (Fsp3) is 0.462. The molecule has 0 amide bonds. The Kier molecular flexibility index (Phi) is 3.31. The molecule has 1 atom stereocenters. The monoisotopic (exact) mass is 238 g/mol. The standard InChI is InChI=1S/C13H15FO3/c1-17-11-7-9(5-6-10(11)14)12(13(15)16)8-3-2-4-8/h5-8,12H,2-4H2,1H3,(H,15,16). The first kappa shape index (κ1) is 11.9. The summed E-state index contributed by atoms with van der Waals surface area (Å²) in [6.45, 7) is 0. The molecule has 0 bridgehead atoms. The van der Waals surface area contributed by atoms with Crippen molar-refractivity contribution in [2.24, 2.45) is 5.92 Å². The van der Waals surface area contributed by atoms with Crippen LogP contribution in [0.3, 0.4) is 0 Å². The molecule has 1 aliphatic carbocycles. The van der Waals surface area contributed by atoms with E-state index in [0.29, 0.717) is 5.56 Å². The van der Waals surface area contributed by atoms with Gasteiger partial charge in [-0.15, -0.1) is 0 Å². The highest BCUT2D eigenvalue weighted by Crippen LogP contribution is 2.40. The number of rotatable bonds is 4. The maximum absolute atomic E-state index is 13.3. The van der Waals surface area contributed by atoms with E-state index in [2.05, 4.69) is 0 Å². The summed E-state index contributed by atoms with van der Waals surface area (Å²) in [7, 11) is 1.38. The molecule has 17 heavy (non-hydrogen) atoms. The van der Waals surface area contributed by atoms with Gasteiger partial charge in [-0.25, -0.2) is 4.39 Å². The smallest absolute Gasteiger partial charge is 0.311 e. The molecule has 4 heteroatoms. The first-order valence-electron chi connectivity index (χ1n) is 5.69. The molecule has 0 aliphatic heterocycles. The third-order valence-corrected chi connectivity index (χ3v) is 3.42. The van der Waals surface area contributed by atoms with E-state index in [1.165, 1.54) is 25.3 Å². The lowest BCUT2D eigenvalue weighted by atomic mass is 9.73. The van der Waals surface area contributed by atoms with Crippen LogP contribution in [-0.4, -0.2) is 18.2 Å². The van der Waals surface area contributed by atoms with Crippen molar-refractivity contribution in [1.82, 2.24) is 0 Å². The molecule has 3 nitrogen and oxygen atoms in total. The topological polar surface area (TPSA) is 46.5 Å². The SMILES string of the molecule is COc1cc(C(C(=O)O)C2CCC2)ccc1F. The van der Waals surface area contributed by atoms with Gasteiger partial charge in [0.15, 0.2) is 11.6 Å². The van der Waals surface area contributed by atoms with Gasteiger partial charge in [-0.1, -0.05) is 12.5 Å². The van der Waals surface area contributed by atoms with Crippen LogP contribution in [0.1, 0.15) is 30.7 Å². The van der Waals surface area contributed by atoms with Crippen LogP contribution >= 0.6 is 0 Å². The molecule has 0 heterocycles. The number of carboxylic acids is 1. The van der Waals surface area contributed by atoms with E-state index >= 15 is 0 Å². The molecule has 1 N–H and O–H groups in total. The van der Waals surface area contributed by atoms with Crippen LogP contribution in [0.5, 0.6) is 5.75 Å². The molecule has 1 aromatic carbocycles. The van der Waals surface area contributed by atoms with Crippen LogP contribution in [-0.2, 0) is 4.79 Å². The predicted octanol–water partition coefficient (Wildman–Crippen LogP) is 2.80. The van der Waals surface area contributed by atoms with Gasteiger partial charge >= 0.3 is 5.97 Å². The molecule has 1 saturated carbocycles. The lowest BCUT2D eigenvalue weighted by Crippen LogP contribution is -2.26. The summed E-state index contributed by atoms with van der Waals surface area (Å²) in [4.78, 5) is 11.3. The zero-order chi connectivity index (χ0) is 12.4. The first-order chi connectivity index (χ1) is 8.13. The van der Waals surface area contributed by atoms with Crippen LogP contribution in [0.4, 0.5) is 4.39 Å². The normalized spacial score (nSPS) is 17.3. The van der Waals surface area contributed by atoms with Gasteiger partial charge in [0.1, 0.15) is 0 Å². The van der Waals surface area contributed by atoms with Gasteiger partial charge in [0.2, 0.25) is 0 Å². The Bertz CT molecular complexity index is 427. The summed E-state index contributed by atoms with van der Waals surface area (Å²) in [5.74, 6) is -1.58. The molecule has 1 aromatic rings. The molecule has 0 spiro atoms. The number of halogens is 1. The maximum atomic E-state index is 13.3. The van der Waals surface area contributed by atoms with Crippen molar-refractivity contribution in [3.8, 4) is 5.75 Å². The van der Waals surface area contributed by atoms with Crippen molar-refractivity contribution in [2.75, 3.05) is 7.11 Å². The Morgan fingerprint density at radius 3 is 2.71 bits per heavy atom. The molecule has 0 radical (unpaired) electrons. The second-order valence-electron chi connectivity index (χ2n) is 4.40. The lowest BCUT2D eigenvalue weighted by Gasteiger charge is -2.31. The minimum Gasteiger partial charge on any atom is -0.494 e. The fourth-order valence-corrected chi connectivity index (χ4v) is 2.26. The first-order valence-corrected chi connectivity index (χ1v) is 5.69. The number of hydrogen-bond acceptors (Lipinski definition) is 2. The molecule has 1 unspecified atom stereocenters. The van der Waals surface area contributed by atoms with E-state index < -0.39 is 17.7 Å². The summed E-state index contributed by atoms with van der Waals surface area (Å²) in [6, 6.07) is 4.30. The predicted molar refractivity (Wildman–Crippen MR) is 60.7 cm³/mol. The third-order valence-electron chi connectivity index (χ3n) is 3.42. The van der Waals surface area contributed by atoms with Gasteiger partial charge in [0.05, 0.1) is 13.0 Å². The van der Waals surface area contributed by atoms with E-state index in [1.807, 2.05) is 0 Å². The highest BCUT2D eigenvalue weighted by molar-refractivity contribution is 5.76. The Hall–Kier alpha value is -1.58. The molecule has 92 valence electrons. The van der Waals surface area contributed by atoms with E-state index in [0.717, 1.165) is 19.3 Å². The zero-order valence-electron chi connectivity index (χ0n) is 9.65. The Morgan fingerprint density at radius 2 is 2.24 bits per heavy atom. The maximum Gasteiger partial charge on any atom is 0.311 e. The number of aliphatic carboxylic acids is 1. The van der Waals surface area contributed by atoms with Gasteiger partial charge in [-0.05, 0) is 36.5 Å². The van der Waals surface area contributed by atoms with Crippen molar-refractivity contribution >= 4 is 5.97 Å². The molecule has 1 fully saturated rings. The Labute approximate surface area is 99.2 Å². The Morgan fingerprint density at radius 1 is 1.53 bits per heavy atom. The Balaban J connectivity index is 2.32. The molecular weight excluding hydrogens is 223 g/mol. The summed E-state index contributed by atoms with van der Waals surface area (Å²) in [5.41, 5.74) is 0.625. The molecular formula is C13H15FO3.